The van der Waals surface area contributed by atoms with Crippen molar-refractivity contribution in [3.63, 3.8) is 0 Å². The number of nitrogens with zero attached hydrogens (tertiary/aromatic N) is 2. The van der Waals surface area contributed by atoms with Crippen molar-refractivity contribution in [2.75, 3.05) is 47.0 Å². The first kappa shape index (κ1) is 20.0. The quantitative estimate of drug-likeness (QED) is 0.350. The second kappa shape index (κ2) is 11.3. The number of hydrogen-bond acceptors (Lipinski definition) is 4. The lowest BCUT2D eigenvalue weighted by Gasteiger charge is -2.34. The molecule has 0 unspecified atom stereocenters. The minimum absolute atomic E-state index is 0.172. The molecule has 7 nitrogen and oxygen atoms in total. The van der Waals surface area contributed by atoms with Crippen LogP contribution in [-0.2, 0) is 14.3 Å². The summed E-state index contributed by atoms with van der Waals surface area (Å²) in [5, 5.41) is 6.40. The first-order valence-corrected chi connectivity index (χ1v) is 9.58. The fourth-order valence-electron chi connectivity index (χ4n) is 3.00. The molecule has 1 heterocycles. The predicted molar refractivity (Wildman–Crippen MR) is 98.8 cm³/mol. The number of nitrogens with one attached hydrogen (secondary N) is 2. The molecule has 0 aromatic rings. The smallest absolute Gasteiger partial charge is 0.220 e. The number of rotatable bonds is 10. The Bertz CT molecular complexity index is 419. The summed E-state index contributed by atoms with van der Waals surface area (Å²) < 4.78 is 10.9. The monoisotopic (exact) mass is 354 g/mol. The molecule has 25 heavy (non-hydrogen) atoms. The van der Waals surface area contributed by atoms with Gasteiger partial charge >= 0.3 is 0 Å². The van der Waals surface area contributed by atoms with Crippen LogP contribution in [0, 0.1) is 0 Å². The number of amides is 1. The normalized spacial score (nSPS) is 19.1. The molecule has 0 radical (unpaired) electrons. The fourth-order valence-corrected chi connectivity index (χ4v) is 3.00. The van der Waals surface area contributed by atoms with Gasteiger partial charge in [0.2, 0.25) is 5.91 Å². The van der Waals surface area contributed by atoms with Gasteiger partial charge in [0.05, 0.1) is 6.10 Å². The highest BCUT2D eigenvalue weighted by Gasteiger charge is 2.23. The van der Waals surface area contributed by atoms with E-state index in [4.69, 9.17) is 9.47 Å². The number of methoxy groups -OCH3 is 1. The van der Waals surface area contributed by atoms with E-state index in [0.717, 1.165) is 77.3 Å². The molecule has 0 atom stereocenters. The third-order valence-corrected chi connectivity index (χ3v) is 4.61. The third-order valence-electron chi connectivity index (χ3n) is 4.61. The van der Waals surface area contributed by atoms with Crippen molar-refractivity contribution in [2.24, 2.45) is 4.99 Å². The molecule has 1 aliphatic carbocycles. The molecule has 1 amide bonds. The molecule has 1 aliphatic heterocycles. The molecule has 0 spiro atoms. The Morgan fingerprint density at radius 1 is 1.16 bits per heavy atom. The maximum Gasteiger partial charge on any atom is 0.220 e. The van der Waals surface area contributed by atoms with Gasteiger partial charge in [0, 0.05) is 59.5 Å². The summed E-state index contributed by atoms with van der Waals surface area (Å²) in [6.45, 7) is 4.22. The zero-order chi connectivity index (χ0) is 17.9. The van der Waals surface area contributed by atoms with E-state index >= 15 is 0 Å². The van der Waals surface area contributed by atoms with E-state index in [2.05, 4.69) is 20.5 Å². The first-order chi connectivity index (χ1) is 12.2. The van der Waals surface area contributed by atoms with E-state index in [1.165, 1.54) is 0 Å². The number of guanidine groups is 1. The number of likely N-dealkylation sites (tertiary alicyclic amines) is 1. The molecule has 0 bridgehead atoms. The Balaban J connectivity index is 1.55. The van der Waals surface area contributed by atoms with Crippen LogP contribution < -0.4 is 10.6 Å². The standard InChI is InChI=1S/C18H34N4O3/c1-19-18(20-10-3-5-17(23)21-15-6-7-15)22-11-8-16(9-12-22)25-14-4-13-24-2/h15-16H,3-14H2,1-2H3,(H,19,20)(H,21,23). The van der Waals surface area contributed by atoms with Gasteiger partial charge in [-0.15, -0.1) is 0 Å². The molecule has 2 N–H and O–H groups in total. The maximum absolute atomic E-state index is 11.7. The van der Waals surface area contributed by atoms with E-state index < -0.39 is 0 Å². The van der Waals surface area contributed by atoms with Gasteiger partial charge in [-0.1, -0.05) is 0 Å². The van der Waals surface area contributed by atoms with Crippen molar-refractivity contribution >= 4 is 11.9 Å². The van der Waals surface area contributed by atoms with Crippen LogP contribution in [0.5, 0.6) is 0 Å². The van der Waals surface area contributed by atoms with Gasteiger partial charge in [-0.25, -0.2) is 0 Å². The number of aliphatic imine (C=N–C) groups is 1. The average molecular weight is 354 g/mol. The zero-order valence-electron chi connectivity index (χ0n) is 15.8. The first-order valence-electron chi connectivity index (χ1n) is 9.58. The van der Waals surface area contributed by atoms with Crippen LogP contribution in [0.3, 0.4) is 0 Å². The Kier molecular flexibility index (Phi) is 9.04. The third kappa shape index (κ3) is 8.05. The van der Waals surface area contributed by atoms with Crippen LogP contribution in [0.2, 0.25) is 0 Å². The molecular formula is C18H34N4O3. The van der Waals surface area contributed by atoms with Crippen molar-refractivity contribution in [2.45, 2.75) is 57.1 Å². The lowest BCUT2D eigenvalue weighted by molar-refractivity contribution is -0.121. The van der Waals surface area contributed by atoms with Crippen LogP contribution in [-0.4, -0.2) is 75.9 Å². The summed E-state index contributed by atoms with van der Waals surface area (Å²) in [5.41, 5.74) is 0. The summed E-state index contributed by atoms with van der Waals surface area (Å²) >= 11 is 0. The van der Waals surface area contributed by atoms with Gasteiger partial charge in [-0.3, -0.25) is 9.79 Å². The summed E-state index contributed by atoms with van der Waals surface area (Å²) in [6, 6.07) is 0.450. The molecule has 2 aliphatic rings. The van der Waals surface area contributed by atoms with E-state index in [0.29, 0.717) is 18.6 Å². The van der Waals surface area contributed by atoms with E-state index in [9.17, 15) is 4.79 Å². The van der Waals surface area contributed by atoms with E-state index in [1.54, 1.807) is 7.11 Å². The highest BCUT2D eigenvalue weighted by atomic mass is 16.5. The number of carbonyl (C=O) groups excluding carboxylic acids is 1. The summed E-state index contributed by atoms with van der Waals surface area (Å²) in [7, 11) is 3.53. The Hall–Kier alpha value is -1.34. The molecular weight excluding hydrogens is 320 g/mol. The summed E-state index contributed by atoms with van der Waals surface area (Å²) in [6.07, 6.45) is 7.04. The topological polar surface area (TPSA) is 75.2 Å². The minimum atomic E-state index is 0.172. The Labute approximate surface area is 151 Å². The van der Waals surface area contributed by atoms with Crippen LogP contribution >= 0.6 is 0 Å². The van der Waals surface area contributed by atoms with Gasteiger partial charge in [0.25, 0.3) is 0 Å². The number of ether oxygens (including phenoxy) is 2. The summed E-state index contributed by atoms with van der Waals surface area (Å²) in [4.78, 5) is 18.3. The van der Waals surface area contributed by atoms with Crippen LogP contribution in [0.15, 0.2) is 4.99 Å². The van der Waals surface area contributed by atoms with E-state index in [1.807, 2.05) is 7.05 Å². The summed E-state index contributed by atoms with van der Waals surface area (Å²) in [5.74, 6) is 1.10. The van der Waals surface area contributed by atoms with Gasteiger partial charge in [-0.05, 0) is 38.5 Å². The number of carbonyl (C=O) groups is 1. The molecule has 144 valence electrons. The Morgan fingerprint density at radius 2 is 1.92 bits per heavy atom. The molecule has 0 aromatic carbocycles. The van der Waals surface area contributed by atoms with Crippen molar-refractivity contribution < 1.29 is 14.3 Å². The highest BCUT2D eigenvalue weighted by molar-refractivity contribution is 5.80. The zero-order valence-corrected chi connectivity index (χ0v) is 15.8. The van der Waals surface area contributed by atoms with Gasteiger partial charge in [-0.2, -0.15) is 0 Å². The Morgan fingerprint density at radius 3 is 2.56 bits per heavy atom. The predicted octanol–water partition coefficient (Wildman–Crippen LogP) is 1.14. The van der Waals surface area contributed by atoms with Crippen LogP contribution in [0.4, 0.5) is 0 Å². The van der Waals surface area contributed by atoms with E-state index in [-0.39, 0.29) is 5.91 Å². The van der Waals surface area contributed by atoms with Crippen molar-refractivity contribution in [3.8, 4) is 0 Å². The van der Waals surface area contributed by atoms with Gasteiger partial charge in [0.15, 0.2) is 5.96 Å². The average Bonchev–Trinajstić information content (AvgIpc) is 3.43. The highest BCUT2D eigenvalue weighted by Crippen LogP contribution is 2.18. The van der Waals surface area contributed by atoms with Gasteiger partial charge < -0.3 is 25.0 Å². The molecule has 2 rings (SSSR count). The number of hydrogen-bond donors (Lipinski definition) is 2. The number of piperidine rings is 1. The van der Waals surface area contributed by atoms with Gasteiger partial charge in [0.1, 0.15) is 0 Å². The fraction of sp³-hybridized carbons (Fsp3) is 0.889. The second-order valence-corrected chi connectivity index (χ2v) is 6.82. The molecule has 1 saturated heterocycles. The van der Waals surface area contributed by atoms with Crippen LogP contribution in [0.25, 0.3) is 0 Å². The van der Waals surface area contributed by atoms with Crippen molar-refractivity contribution in [3.05, 3.63) is 0 Å². The molecule has 1 saturated carbocycles. The lowest BCUT2D eigenvalue weighted by atomic mass is 10.1. The molecule has 2 fully saturated rings. The molecule has 7 heteroatoms. The minimum Gasteiger partial charge on any atom is -0.385 e. The van der Waals surface area contributed by atoms with Crippen molar-refractivity contribution in [1.82, 2.24) is 15.5 Å². The largest absolute Gasteiger partial charge is 0.385 e. The SMILES string of the molecule is CN=C(NCCCC(=O)NC1CC1)N1CCC(OCCCOC)CC1. The lowest BCUT2D eigenvalue weighted by Crippen LogP contribution is -2.47. The maximum atomic E-state index is 11.7. The van der Waals surface area contributed by atoms with Crippen molar-refractivity contribution in [1.29, 1.82) is 0 Å². The second-order valence-electron chi connectivity index (χ2n) is 6.82. The van der Waals surface area contributed by atoms with Crippen LogP contribution in [0.1, 0.15) is 44.9 Å². The molecule has 0 aromatic heterocycles.